The van der Waals surface area contributed by atoms with Crippen molar-refractivity contribution in [3.05, 3.63) is 42.1 Å². The molecule has 2 N–H and O–H groups in total. The number of amides is 2. The van der Waals surface area contributed by atoms with E-state index in [4.69, 9.17) is 9.72 Å². The van der Waals surface area contributed by atoms with Gasteiger partial charge in [-0.25, -0.2) is 23.7 Å². The monoisotopic (exact) mass is 453 g/mol. The second-order valence-electron chi connectivity index (χ2n) is 8.91. The summed E-state index contributed by atoms with van der Waals surface area (Å²) in [6.45, 7) is 1.59. The molecule has 1 aliphatic carbocycles. The number of carbonyl (C=O) groups excluding carboxylic acids is 1. The zero-order valence-electron chi connectivity index (χ0n) is 18.1. The molecular weight excluding hydrogens is 429 g/mol. The molecule has 5 heterocycles. The van der Waals surface area contributed by atoms with Gasteiger partial charge in [0.2, 0.25) is 5.88 Å². The van der Waals surface area contributed by atoms with Crippen LogP contribution in [0.25, 0.3) is 5.65 Å². The molecule has 0 unspecified atom stereocenters. The Hall–Kier alpha value is -3.47. The lowest BCUT2D eigenvalue weighted by Gasteiger charge is -2.30. The normalized spacial score (nSPS) is 26.0. The molecule has 0 spiro atoms. The van der Waals surface area contributed by atoms with Crippen LogP contribution >= 0.6 is 0 Å². The van der Waals surface area contributed by atoms with Crippen LogP contribution in [0, 0.1) is 11.7 Å². The number of hydrogen-bond acceptors (Lipinski definition) is 7. The lowest BCUT2D eigenvalue weighted by molar-refractivity contribution is 0.176. The maximum atomic E-state index is 14.1. The number of anilines is 2. The summed E-state index contributed by atoms with van der Waals surface area (Å²) in [4.78, 5) is 25.3. The van der Waals surface area contributed by atoms with E-state index in [0.29, 0.717) is 42.6 Å². The minimum absolute atomic E-state index is 0.288. The maximum absolute atomic E-state index is 14.1. The number of piperidine rings is 1. The first-order chi connectivity index (χ1) is 16.0. The number of fused-ring (bicyclic) bond motifs is 2. The van der Waals surface area contributed by atoms with E-state index in [1.807, 2.05) is 6.07 Å². The van der Waals surface area contributed by atoms with E-state index < -0.39 is 17.5 Å². The van der Waals surface area contributed by atoms with Gasteiger partial charge in [-0.2, -0.15) is 5.10 Å². The van der Waals surface area contributed by atoms with Gasteiger partial charge in [-0.05, 0) is 37.3 Å². The summed E-state index contributed by atoms with van der Waals surface area (Å²) in [6.07, 6.45) is 6.46. The van der Waals surface area contributed by atoms with Crippen molar-refractivity contribution in [2.75, 3.05) is 37.0 Å². The zero-order valence-corrected chi connectivity index (χ0v) is 18.1. The number of methoxy groups -OCH3 is 1. The fourth-order valence-electron chi connectivity index (χ4n) is 5.38. The van der Waals surface area contributed by atoms with Crippen LogP contribution in [0.3, 0.4) is 0 Å². The molecule has 1 saturated carbocycles. The van der Waals surface area contributed by atoms with Gasteiger partial charge in [0.1, 0.15) is 17.3 Å². The Morgan fingerprint density at radius 1 is 1.33 bits per heavy atom. The van der Waals surface area contributed by atoms with E-state index in [-0.39, 0.29) is 6.03 Å². The number of halogens is 1. The summed E-state index contributed by atoms with van der Waals surface area (Å²) < 4.78 is 21.2. The number of aliphatic hydroxyl groups is 1. The van der Waals surface area contributed by atoms with Crippen LogP contribution in [0.15, 0.2) is 30.7 Å². The number of pyridine rings is 1. The van der Waals surface area contributed by atoms with Gasteiger partial charge in [-0.3, -0.25) is 0 Å². The minimum atomic E-state index is -0.489. The third kappa shape index (κ3) is 3.10. The number of hydrogen-bond donors (Lipinski definition) is 2. The second kappa shape index (κ2) is 7.27. The van der Waals surface area contributed by atoms with Crippen molar-refractivity contribution in [1.29, 1.82) is 0 Å². The van der Waals surface area contributed by atoms with Crippen molar-refractivity contribution in [3.8, 4) is 5.88 Å². The van der Waals surface area contributed by atoms with Gasteiger partial charge < -0.3 is 25.0 Å². The maximum Gasteiger partial charge on any atom is 0.322 e. The molecule has 0 radical (unpaired) electrons. The molecule has 33 heavy (non-hydrogen) atoms. The van der Waals surface area contributed by atoms with Crippen molar-refractivity contribution in [1.82, 2.24) is 24.5 Å². The van der Waals surface area contributed by atoms with Gasteiger partial charge in [-0.1, -0.05) is 0 Å². The molecule has 6 rings (SSSR count). The Morgan fingerprint density at radius 3 is 2.97 bits per heavy atom. The summed E-state index contributed by atoms with van der Waals surface area (Å²) in [6, 6.07) is 3.10. The Balaban J connectivity index is 1.34. The molecule has 11 heteroatoms. The predicted octanol–water partition coefficient (Wildman–Crippen LogP) is 2.00. The van der Waals surface area contributed by atoms with Crippen molar-refractivity contribution in [2.45, 2.75) is 30.9 Å². The molecule has 172 valence electrons. The molecule has 2 aliphatic heterocycles. The number of urea groups is 1. The van der Waals surface area contributed by atoms with Gasteiger partial charge >= 0.3 is 6.03 Å². The molecular formula is C22H24FN7O3. The number of nitrogens with zero attached hydrogens (tertiary/aromatic N) is 6. The third-order valence-corrected chi connectivity index (χ3v) is 7.06. The van der Waals surface area contributed by atoms with Crippen molar-refractivity contribution >= 4 is 23.2 Å². The number of carbonyl (C=O) groups is 1. The van der Waals surface area contributed by atoms with Crippen LogP contribution in [-0.2, 0) is 5.54 Å². The van der Waals surface area contributed by atoms with Crippen LogP contribution in [0.4, 0.5) is 20.7 Å². The topological polar surface area (TPSA) is 108 Å². The van der Waals surface area contributed by atoms with Gasteiger partial charge in [0.05, 0.1) is 31.1 Å². The number of rotatable bonds is 4. The van der Waals surface area contributed by atoms with Gasteiger partial charge in [-0.15, -0.1) is 0 Å². The fourth-order valence-corrected chi connectivity index (χ4v) is 5.38. The quantitative estimate of drug-likeness (QED) is 0.622. The highest BCUT2D eigenvalue weighted by atomic mass is 19.1. The Kier molecular flexibility index (Phi) is 4.44. The Bertz CT molecular complexity index is 1250. The highest BCUT2D eigenvalue weighted by Crippen LogP contribution is 2.64. The smallest absolute Gasteiger partial charge is 0.322 e. The number of β-amino-alcohol motifs (C(OH)–C–C–N with tert-alkyl or cyclic N) is 1. The Morgan fingerprint density at radius 2 is 2.21 bits per heavy atom. The second-order valence-corrected chi connectivity index (χ2v) is 8.91. The van der Waals surface area contributed by atoms with Crippen molar-refractivity contribution in [3.63, 3.8) is 0 Å². The largest absolute Gasteiger partial charge is 0.481 e. The predicted molar refractivity (Wildman–Crippen MR) is 117 cm³/mol. The summed E-state index contributed by atoms with van der Waals surface area (Å²) in [5.41, 5.74) is 1.35. The fraction of sp³-hybridized carbons (Fsp3) is 0.455. The SMILES string of the molecule is COc1ncc(F)cc1[C@@]12C[C@@H]1CCN2c1ccn2ncc(NC(=O)N3CC[C@H](O)C3)c2n1. The number of likely N-dealkylation sites (tertiary alicyclic amines) is 1. The van der Waals surface area contributed by atoms with Gasteiger partial charge in [0.15, 0.2) is 5.65 Å². The summed E-state index contributed by atoms with van der Waals surface area (Å²) in [7, 11) is 1.54. The molecule has 0 bridgehead atoms. The van der Waals surface area contributed by atoms with E-state index in [2.05, 4.69) is 20.3 Å². The van der Waals surface area contributed by atoms with E-state index in [0.717, 1.165) is 30.8 Å². The molecule has 3 atom stereocenters. The highest BCUT2D eigenvalue weighted by molar-refractivity contribution is 5.93. The number of aromatic nitrogens is 4. The van der Waals surface area contributed by atoms with Crippen LogP contribution in [0.2, 0.25) is 0 Å². The van der Waals surface area contributed by atoms with E-state index in [1.165, 1.54) is 12.3 Å². The molecule has 10 nitrogen and oxygen atoms in total. The van der Waals surface area contributed by atoms with E-state index in [9.17, 15) is 14.3 Å². The molecule has 2 amide bonds. The number of ether oxygens (including phenoxy) is 1. The molecule has 2 saturated heterocycles. The third-order valence-electron chi connectivity index (χ3n) is 7.06. The molecule has 3 fully saturated rings. The van der Waals surface area contributed by atoms with E-state index >= 15 is 0 Å². The minimum Gasteiger partial charge on any atom is -0.481 e. The molecule has 3 aromatic rings. The molecule has 3 aliphatic rings. The number of aliphatic hydroxyl groups excluding tert-OH is 1. The van der Waals surface area contributed by atoms with Crippen LogP contribution in [0.5, 0.6) is 5.88 Å². The number of nitrogens with one attached hydrogen (secondary N) is 1. The van der Waals surface area contributed by atoms with Crippen molar-refractivity contribution < 1.29 is 19.0 Å². The molecule has 0 aromatic carbocycles. The Labute approximate surface area is 189 Å². The summed E-state index contributed by atoms with van der Waals surface area (Å²) in [5, 5.41) is 16.9. The van der Waals surface area contributed by atoms with Gasteiger partial charge in [0.25, 0.3) is 0 Å². The average molecular weight is 453 g/mol. The highest BCUT2D eigenvalue weighted by Gasteiger charge is 2.64. The van der Waals surface area contributed by atoms with Crippen LogP contribution in [0.1, 0.15) is 24.8 Å². The lowest BCUT2D eigenvalue weighted by atomic mass is 10.0. The van der Waals surface area contributed by atoms with Crippen LogP contribution < -0.4 is 15.0 Å². The zero-order chi connectivity index (χ0) is 22.7. The first kappa shape index (κ1) is 20.2. The van der Waals surface area contributed by atoms with Gasteiger partial charge in [0, 0.05) is 31.4 Å². The van der Waals surface area contributed by atoms with Crippen LogP contribution in [-0.4, -0.2) is 68.5 Å². The van der Waals surface area contributed by atoms with E-state index in [1.54, 1.807) is 28.9 Å². The standard InChI is InChI=1S/C22H24FN7O3/c1-33-20-16(8-14(23)10-24-20)22-9-13(22)2-6-29(22)18-4-7-30-19(27-18)17(11-25-30)26-21(32)28-5-3-15(31)12-28/h4,7-8,10-11,13,15,31H,2-3,5-6,9,12H2,1H3,(H,26,32)/t13-,15-,22+/m0/s1. The summed E-state index contributed by atoms with van der Waals surface area (Å²) >= 11 is 0. The first-order valence-corrected chi connectivity index (χ1v) is 11.1. The first-order valence-electron chi connectivity index (χ1n) is 11.1. The lowest BCUT2D eigenvalue weighted by Crippen LogP contribution is -2.34. The average Bonchev–Trinajstić information content (AvgIpc) is 3.12. The molecule has 3 aromatic heterocycles. The van der Waals surface area contributed by atoms with Crippen molar-refractivity contribution in [2.24, 2.45) is 5.92 Å². The summed E-state index contributed by atoms with van der Waals surface area (Å²) in [5.74, 6) is 1.13.